The van der Waals surface area contributed by atoms with Crippen LogP contribution in [0.2, 0.25) is 0 Å². The summed E-state index contributed by atoms with van der Waals surface area (Å²) in [7, 11) is -4.49. The third-order valence-electron chi connectivity index (χ3n) is 6.99. The lowest BCUT2D eigenvalue weighted by molar-refractivity contribution is -0.148. The van der Waals surface area contributed by atoms with Gasteiger partial charge in [0.25, 0.3) is 15.9 Å². The number of thioether (sulfide) groups is 1. The van der Waals surface area contributed by atoms with E-state index in [1.165, 1.54) is 30.8 Å². The Bertz CT molecular complexity index is 1360. The first kappa shape index (κ1) is 30.2. The van der Waals surface area contributed by atoms with E-state index in [0.29, 0.717) is 51.3 Å². The average molecular weight is 597 g/mol. The second-order valence-corrected chi connectivity index (χ2v) is 12.9. The fourth-order valence-electron chi connectivity index (χ4n) is 4.53. The summed E-state index contributed by atoms with van der Waals surface area (Å²) >= 11 is 1.40. The van der Waals surface area contributed by atoms with Crippen molar-refractivity contribution in [2.24, 2.45) is 0 Å². The lowest BCUT2D eigenvalue weighted by Gasteiger charge is -2.35. The summed E-state index contributed by atoms with van der Waals surface area (Å²) in [5, 5.41) is 12.8. The number of hydrogen-bond acceptors (Lipinski definition) is 8. The van der Waals surface area contributed by atoms with Crippen LogP contribution in [-0.2, 0) is 19.6 Å². The molecule has 2 heterocycles. The number of nitrogens with one attached hydrogen (secondary N) is 2. The molecule has 4 rings (SSSR count). The summed E-state index contributed by atoms with van der Waals surface area (Å²) < 4.78 is 75.3. The average Bonchev–Trinajstić information content (AvgIpc) is 2.90. The number of nitrogens with zero attached hydrogens (tertiary/aromatic N) is 2. The number of amides is 1. The molecule has 2 saturated heterocycles. The molecule has 2 aromatic carbocycles. The van der Waals surface area contributed by atoms with Crippen molar-refractivity contribution < 1.29 is 31.1 Å². The van der Waals surface area contributed by atoms with E-state index >= 15 is 4.39 Å². The van der Waals surface area contributed by atoms with Crippen LogP contribution in [0.15, 0.2) is 46.2 Å². The molecule has 2 atom stereocenters. The van der Waals surface area contributed by atoms with Gasteiger partial charge in [-0.3, -0.25) is 9.69 Å². The molecule has 0 saturated carbocycles. The zero-order valence-corrected chi connectivity index (χ0v) is 23.6. The van der Waals surface area contributed by atoms with Gasteiger partial charge in [0.2, 0.25) is 0 Å². The second-order valence-electron chi connectivity index (χ2n) is 10.2. The van der Waals surface area contributed by atoms with Crippen LogP contribution in [0.4, 0.5) is 18.9 Å². The monoisotopic (exact) mass is 596 g/mol. The predicted molar refractivity (Wildman–Crippen MR) is 145 cm³/mol. The van der Waals surface area contributed by atoms with Gasteiger partial charge in [0.15, 0.2) is 0 Å². The Morgan fingerprint density at radius 1 is 1.25 bits per heavy atom. The Kier molecular flexibility index (Phi) is 9.66. The Balaban J connectivity index is 1.51. The summed E-state index contributed by atoms with van der Waals surface area (Å²) in [6, 6.07) is 9.12. The quantitative estimate of drug-likeness (QED) is 0.371. The van der Waals surface area contributed by atoms with Gasteiger partial charge in [-0.25, -0.2) is 26.3 Å². The van der Waals surface area contributed by atoms with Crippen LogP contribution < -0.4 is 10.0 Å². The van der Waals surface area contributed by atoms with Gasteiger partial charge in [-0.15, -0.1) is 11.8 Å². The largest absolute Gasteiger partial charge is 0.378 e. The molecule has 0 unspecified atom stereocenters. The summed E-state index contributed by atoms with van der Waals surface area (Å²) in [6.07, 6.45) is 1.42. The van der Waals surface area contributed by atoms with Gasteiger partial charge < -0.3 is 10.1 Å². The highest BCUT2D eigenvalue weighted by atomic mass is 32.2. The minimum atomic E-state index is -4.49. The first-order chi connectivity index (χ1) is 19.0. The van der Waals surface area contributed by atoms with Gasteiger partial charge in [-0.2, -0.15) is 5.26 Å². The van der Waals surface area contributed by atoms with Gasteiger partial charge in [-0.1, -0.05) is 0 Å². The molecular weight excluding hydrogens is 565 g/mol. The van der Waals surface area contributed by atoms with Crippen molar-refractivity contribution in [1.82, 2.24) is 9.62 Å². The van der Waals surface area contributed by atoms with Gasteiger partial charge >= 0.3 is 0 Å². The van der Waals surface area contributed by atoms with Gasteiger partial charge in [-0.05, 0) is 69.0 Å². The highest BCUT2D eigenvalue weighted by Gasteiger charge is 2.38. The molecule has 2 fully saturated rings. The number of benzene rings is 2. The lowest BCUT2D eigenvalue weighted by atomic mass is 9.95. The number of rotatable bonds is 11. The van der Waals surface area contributed by atoms with Crippen molar-refractivity contribution >= 4 is 33.4 Å². The van der Waals surface area contributed by atoms with Crippen molar-refractivity contribution in [1.29, 1.82) is 5.26 Å². The highest BCUT2D eigenvalue weighted by molar-refractivity contribution is 7.99. The zero-order valence-electron chi connectivity index (χ0n) is 22.0. The van der Waals surface area contributed by atoms with Crippen LogP contribution in [-0.4, -0.2) is 69.0 Å². The van der Waals surface area contributed by atoms with E-state index in [1.54, 1.807) is 12.1 Å². The smallest absolute Gasteiger partial charge is 0.265 e. The van der Waals surface area contributed by atoms with Gasteiger partial charge in [0.05, 0.1) is 16.1 Å². The number of sulfonamides is 1. The molecule has 0 radical (unpaired) electrons. The second kappa shape index (κ2) is 12.8. The van der Waals surface area contributed by atoms with E-state index in [0.717, 1.165) is 23.4 Å². The molecule has 2 aliphatic rings. The molecule has 8 nitrogen and oxygen atoms in total. The standard InChI is InChI=1S/C27H31F3N4O4S2/c1-27(9-2-3-11-38-27)26(35)33-40(36,37)23-12-18(14-31)25(24(30)13-23)32-21(8-10-34-15-20(29)16-34)17-39-22-6-4-19(28)5-7-22/h4-7,12-13,20-21,32H,2-3,8-11,15-17H2,1H3,(H,33,35)/t21-,27+/m1/s1. The lowest BCUT2D eigenvalue weighted by Crippen LogP contribution is -2.50. The van der Waals surface area contributed by atoms with E-state index in [-0.39, 0.29) is 23.1 Å². The minimum absolute atomic E-state index is 0.174. The van der Waals surface area contributed by atoms with Crippen molar-refractivity contribution in [3.63, 3.8) is 0 Å². The number of alkyl halides is 1. The Hall–Kier alpha value is -2.79. The third-order valence-corrected chi connectivity index (χ3v) is 9.48. The summed E-state index contributed by atoms with van der Waals surface area (Å²) in [4.78, 5) is 14.8. The fraction of sp³-hybridized carbons (Fsp3) is 0.481. The van der Waals surface area contributed by atoms with E-state index in [2.05, 4.69) is 5.32 Å². The maximum atomic E-state index is 15.4. The number of nitriles is 1. The molecule has 0 bridgehead atoms. The number of halogens is 3. The number of carbonyl (C=O) groups is 1. The van der Waals surface area contributed by atoms with Crippen molar-refractivity contribution in [2.75, 3.05) is 37.3 Å². The van der Waals surface area contributed by atoms with E-state index in [1.807, 2.05) is 15.7 Å². The normalized spacial score (nSPS) is 20.8. The molecule has 40 heavy (non-hydrogen) atoms. The summed E-state index contributed by atoms with van der Waals surface area (Å²) in [6.45, 7) is 2.99. The molecule has 13 heteroatoms. The Labute approximate surface area is 236 Å². The maximum Gasteiger partial charge on any atom is 0.265 e. The maximum absolute atomic E-state index is 15.4. The van der Waals surface area contributed by atoms with Gasteiger partial charge in [0, 0.05) is 42.9 Å². The number of likely N-dealkylation sites (tertiary alicyclic amines) is 1. The molecule has 2 aromatic rings. The Morgan fingerprint density at radius 3 is 2.60 bits per heavy atom. The van der Waals surface area contributed by atoms with Crippen LogP contribution in [0.25, 0.3) is 0 Å². The van der Waals surface area contributed by atoms with Crippen LogP contribution in [0.1, 0.15) is 38.2 Å². The summed E-state index contributed by atoms with van der Waals surface area (Å²) in [5.74, 6) is -1.79. The number of anilines is 1. The molecular formula is C27H31F3N4O4S2. The van der Waals surface area contributed by atoms with E-state index in [9.17, 15) is 27.3 Å². The zero-order chi connectivity index (χ0) is 28.9. The Morgan fingerprint density at radius 2 is 1.98 bits per heavy atom. The minimum Gasteiger partial charge on any atom is -0.378 e. The van der Waals surface area contributed by atoms with Crippen molar-refractivity contribution in [2.45, 2.75) is 60.2 Å². The SMILES string of the molecule is C[C@@]1(C(=O)NS(=O)(=O)c2cc(F)c(N[C@H](CCN3CC(F)C3)CSc3ccc(F)cc3)c(C#N)c2)CCCCO1. The first-order valence-electron chi connectivity index (χ1n) is 13.0. The molecule has 1 amide bonds. The van der Waals surface area contributed by atoms with Crippen molar-refractivity contribution in [3.8, 4) is 6.07 Å². The van der Waals surface area contributed by atoms with E-state index in [4.69, 9.17) is 4.74 Å². The first-order valence-corrected chi connectivity index (χ1v) is 15.4. The molecule has 0 spiro atoms. The third kappa shape index (κ3) is 7.48. The fourth-order valence-corrected chi connectivity index (χ4v) is 6.61. The van der Waals surface area contributed by atoms with Crippen LogP contribution in [0.5, 0.6) is 0 Å². The predicted octanol–water partition coefficient (Wildman–Crippen LogP) is 4.22. The molecule has 0 aliphatic carbocycles. The molecule has 2 aliphatic heterocycles. The van der Waals surface area contributed by atoms with Crippen LogP contribution in [0, 0.1) is 23.0 Å². The van der Waals surface area contributed by atoms with Gasteiger partial charge in [0.1, 0.15) is 29.5 Å². The van der Waals surface area contributed by atoms with Crippen LogP contribution >= 0.6 is 11.8 Å². The van der Waals surface area contributed by atoms with Crippen molar-refractivity contribution in [3.05, 3.63) is 53.6 Å². The molecule has 216 valence electrons. The number of ether oxygens (including phenoxy) is 1. The van der Waals surface area contributed by atoms with Crippen LogP contribution in [0.3, 0.4) is 0 Å². The molecule has 0 aromatic heterocycles. The molecule has 2 N–H and O–H groups in total. The number of hydrogen-bond donors (Lipinski definition) is 2. The number of carbonyl (C=O) groups excluding carboxylic acids is 1. The summed E-state index contributed by atoms with van der Waals surface area (Å²) in [5.41, 5.74) is -1.75. The topological polar surface area (TPSA) is 112 Å². The highest BCUT2D eigenvalue weighted by Crippen LogP contribution is 2.29. The van der Waals surface area contributed by atoms with E-state index < -0.39 is 38.4 Å².